The molecule has 0 saturated carbocycles. The Morgan fingerprint density at radius 3 is 3.00 bits per heavy atom. The summed E-state index contributed by atoms with van der Waals surface area (Å²) >= 11 is 3.12. The van der Waals surface area contributed by atoms with Crippen LogP contribution in [0, 0.1) is 0 Å². The second kappa shape index (κ2) is 3.59. The van der Waals surface area contributed by atoms with E-state index in [9.17, 15) is 9.90 Å². The minimum absolute atomic E-state index is 0.175. The van der Waals surface area contributed by atoms with E-state index in [1.807, 2.05) is 0 Å². The van der Waals surface area contributed by atoms with Gasteiger partial charge in [-0.25, -0.2) is 14.8 Å². The summed E-state index contributed by atoms with van der Waals surface area (Å²) in [5.41, 5.74) is -0.175. The highest BCUT2D eigenvalue weighted by molar-refractivity contribution is 9.11. The highest BCUT2D eigenvalue weighted by atomic mass is 79.9. The number of carboxylic acids is 1. The quantitative estimate of drug-likeness (QED) is 0.671. The number of hydrogen-bond acceptors (Lipinski definition) is 5. The van der Waals surface area contributed by atoms with Crippen molar-refractivity contribution in [2.45, 2.75) is 6.23 Å². The van der Waals surface area contributed by atoms with E-state index in [0.717, 1.165) is 6.20 Å². The standard InChI is InChI=1S/C8H6BrN3O3/c9-5-3-12-6(2-10-5)11-1-4(7(12)13)8(14)15/h1-3,7,13H,(H,14,15). The lowest BCUT2D eigenvalue weighted by Crippen LogP contribution is -2.43. The van der Waals surface area contributed by atoms with Crippen molar-refractivity contribution < 1.29 is 15.0 Å². The fourth-order valence-electron chi connectivity index (χ4n) is 1.21. The van der Waals surface area contributed by atoms with Gasteiger partial charge in [0.1, 0.15) is 10.2 Å². The Morgan fingerprint density at radius 2 is 2.33 bits per heavy atom. The van der Waals surface area contributed by atoms with Crippen LogP contribution in [0.1, 0.15) is 0 Å². The van der Waals surface area contributed by atoms with E-state index in [1.165, 1.54) is 17.3 Å². The van der Waals surface area contributed by atoms with Crippen LogP contribution in [-0.4, -0.2) is 39.4 Å². The van der Waals surface area contributed by atoms with Crippen LogP contribution in [0.5, 0.6) is 0 Å². The van der Waals surface area contributed by atoms with Crippen molar-refractivity contribution in [1.29, 1.82) is 0 Å². The van der Waals surface area contributed by atoms with Crippen LogP contribution in [0.2, 0.25) is 0 Å². The molecule has 0 radical (unpaired) electrons. The molecule has 0 aliphatic carbocycles. The molecule has 2 N–H and O–H groups in total. The van der Waals surface area contributed by atoms with Gasteiger partial charge in [0.25, 0.3) is 0 Å². The van der Waals surface area contributed by atoms with Gasteiger partial charge in [0.15, 0.2) is 12.1 Å². The lowest BCUT2D eigenvalue weighted by atomic mass is 10.2. The number of carboxylic acid groups (broad SMARTS) is 1. The van der Waals surface area contributed by atoms with Crippen molar-refractivity contribution in [2.75, 3.05) is 0 Å². The maximum Gasteiger partial charge on any atom is 0.337 e. The Balaban J connectivity index is 2.40. The molecule has 2 aliphatic heterocycles. The van der Waals surface area contributed by atoms with Gasteiger partial charge in [-0.05, 0) is 15.9 Å². The fraction of sp³-hybridized carbons (Fsp3) is 0.125. The van der Waals surface area contributed by atoms with Crippen molar-refractivity contribution in [3.8, 4) is 0 Å². The molecule has 0 bridgehead atoms. The molecule has 0 aromatic heterocycles. The average Bonchev–Trinajstić information content (AvgIpc) is 2.19. The topological polar surface area (TPSA) is 85.5 Å². The normalized spacial score (nSPS) is 24.0. The number of fused-ring (bicyclic) bond motifs is 1. The first-order valence-corrected chi connectivity index (χ1v) is 4.78. The summed E-state index contributed by atoms with van der Waals surface area (Å²) in [5, 5.41) is 18.5. The molecule has 6 nitrogen and oxygen atoms in total. The molecule has 0 saturated heterocycles. The van der Waals surface area contributed by atoms with E-state index in [4.69, 9.17) is 5.11 Å². The van der Waals surface area contributed by atoms with Gasteiger partial charge < -0.3 is 10.2 Å². The van der Waals surface area contributed by atoms with Crippen LogP contribution in [0.15, 0.2) is 32.6 Å². The first kappa shape index (κ1) is 10.1. The molecule has 2 heterocycles. The highest BCUT2D eigenvalue weighted by Gasteiger charge is 2.30. The average molecular weight is 272 g/mol. The molecule has 0 spiro atoms. The maximum atomic E-state index is 10.7. The second-order valence-corrected chi connectivity index (χ2v) is 3.68. The van der Waals surface area contributed by atoms with Crippen molar-refractivity contribution in [3.63, 3.8) is 0 Å². The molecule has 78 valence electrons. The predicted octanol–water partition coefficient (Wildman–Crippen LogP) is 0.266. The molecule has 2 aliphatic rings. The van der Waals surface area contributed by atoms with Crippen molar-refractivity contribution >= 4 is 33.9 Å². The first-order valence-electron chi connectivity index (χ1n) is 3.98. The smallest absolute Gasteiger partial charge is 0.337 e. The Bertz CT molecular complexity index is 438. The first-order chi connectivity index (χ1) is 7.09. The highest BCUT2D eigenvalue weighted by Crippen LogP contribution is 2.21. The van der Waals surface area contributed by atoms with Crippen LogP contribution in [0.25, 0.3) is 0 Å². The molecule has 1 unspecified atom stereocenters. The molecule has 1 atom stereocenters. The number of rotatable bonds is 1. The maximum absolute atomic E-state index is 10.7. The summed E-state index contributed by atoms with van der Waals surface area (Å²) in [4.78, 5) is 19.8. The number of aliphatic hydroxyl groups is 1. The molecule has 2 rings (SSSR count). The van der Waals surface area contributed by atoms with Crippen molar-refractivity contribution in [1.82, 2.24) is 4.90 Å². The number of aliphatic carboxylic acids is 1. The molecular formula is C8H6BrN3O3. The summed E-state index contributed by atoms with van der Waals surface area (Å²) in [6.45, 7) is 0. The monoisotopic (exact) mass is 271 g/mol. The lowest BCUT2D eigenvalue weighted by molar-refractivity contribution is -0.134. The summed E-state index contributed by atoms with van der Waals surface area (Å²) in [6.07, 6.45) is 2.79. The minimum atomic E-state index is -1.24. The third-order valence-corrected chi connectivity index (χ3v) is 2.35. The number of carbonyl (C=O) groups is 1. The van der Waals surface area contributed by atoms with Crippen LogP contribution in [0.4, 0.5) is 0 Å². The fourth-order valence-corrected chi connectivity index (χ4v) is 1.54. The van der Waals surface area contributed by atoms with E-state index in [1.54, 1.807) is 0 Å². The van der Waals surface area contributed by atoms with Gasteiger partial charge in [0.2, 0.25) is 0 Å². The lowest BCUT2D eigenvalue weighted by Gasteiger charge is -2.30. The second-order valence-electron chi connectivity index (χ2n) is 2.87. The Morgan fingerprint density at radius 1 is 1.60 bits per heavy atom. The molecule has 0 aromatic rings. The Labute approximate surface area is 93.1 Å². The zero-order chi connectivity index (χ0) is 11.0. The number of hydrogen-bond donors (Lipinski definition) is 2. The Hall–Kier alpha value is -1.47. The van der Waals surface area contributed by atoms with Gasteiger partial charge in [0.05, 0.1) is 6.21 Å². The molecular weight excluding hydrogens is 266 g/mol. The van der Waals surface area contributed by atoms with Gasteiger partial charge in [0, 0.05) is 12.4 Å². The number of halogens is 1. The van der Waals surface area contributed by atoms with Crippen LogP contribution < -0.4 is 0 Å². The van der Waals surface area contributed by atoms with Crippen LogP contribution in [-0.2, 0) is 4.79 Å². The number of nitrogens with zero attached hydrogens (tertiary/aromatic N) is 3. The van der Waals surface area contributed by atoms with Crippen molar-refractivity contribution in [3.05, 3.63) is 22.6 Å². The minimum Gasteiger partial charge on any atom is -0.478 e. The van der Waals surface area contributed by atoms with E-state index in [-0.39, 0.29) is 5.57 Å². The third-order valence-electron chi connectivity index (χ3n) is 1.94. The van der Waals surface area contributed by atoms with Crippen LogP contribution >= 0.6 is 15.9 Å². The number of aliphatic imine (C=N–C) groups is 2. The summed E-state index contributed by atoms with van der Waals surface area (Å²) in [6, 6.07) is 0. The molecule has 0 amide bonds. The van der Waals surface area contributed by atoms with Gasteiger partial charge in [-0.2, -0.15) is 0 Å². The van der Waals surface area contributed by atoms with E-state index in [2.05, 4.69) is 25.9 Å². The van der Waals surface area contributed by atoms with Crippen molar-refractivity contribution in [2.24, 2.45) is 9.98 Å². The third kappa shape index (κ3) is 1.71. The van der Waals surface area contributed by atoms with E-state index >= 15 is 0 Å². The van der Waals surface area contributed by atoms with Gasteiger partial charge in [-0.3, -0.25) is 4.90 Å². The zero-order valence-electron chi connectivity index (χ0n) is 7.33. The summed E-state index contributed by atoms with van der Waals surface area (Å²) in [5.74, 6) is -0.798. The summed E-state index contributed by atoms with van der Waals surface area (Å²) in [7, 11) is 0. The molecule has 0 fully saturated rings. The number of amidine groups is 1. The SMILES string of the molecule is O=C(O)C1=CN=C2C=NC(Br)=CN2C1O. The zero-order valence-corrected chi connectivity index (χ0v) is 8.92. The van der Waals surface area contributed by atoms with Gasteiger partial charge in [-0.1, -0.05) is 0 Å². The Kier molecular flexibility index (Phi) is 2.41. The van der Waals surface area contributed by atoms with E-state index in [0.29, 0.717) is 10.4 Å². The largest absolute Gasteiger partial charge is 0.478 e. The summed E-state index contributed by atoms with van der Waals surface area (Å²) < 4.78 is 0.493. The molecule has 0 aromatic carbocycles. The molecule has 15 heavy (non-hydrogen) atoms. The molecule has 7 heteroatoms. The van der Waals surface area contributed by atoms with E-state index < -0.39 is 12.2 Å². The number of aliphatic hydroxyl groups excluding tert-OH is 1. The predicted molar refractivity (Wildman–Crippen MR) is 56.5 cm³/mol. The van der Waals surface area contributed by atoms with Gasteiger partial charge in [-0.15, -0.1) is 0 Å². The van der Waals surface area contributed by atoms with Gasteiger partial charge >= 0.3 is 5.97 Å². The van der Waals surface area contributed by atoms with Crippen LogP contribution in [0.3, 0.4) is 0 Å².